The lowest BCUT2D eigenvalue weighted by Gasteiger charge is -2.06. The molecule has 0 spiro atoms. The number of aromatic nitrogens is 1. The van der Waals surface area contributed by atoms with Gasteiger partial charge >= 0.3 is 0 Å². The number of aryl methyl sites for hydroxylation is 1. The molecule has 0 saturated carbocycles. The van der Waals surface area contributed by atoms with Crippen molar-refractivity contribution in [1.82, 2.24) is 4.98 Å². The Kier molecular flexibility index (Phi) is 5.23. The van der Waals surface area contributed by atoms with Crippen LogP contribution in [0.1, 0.15) is 5.56 Å². The molecule has 27 heavy (non-hydrogen) atoms. The third-order valence-corrected chi connectivity index (χ3v) is 6.04. The summed E-state index contributed by atoms with van der Waals surface area (Å²) < 4.78 is 0. The molecule has 4 aromatic rings. The monoisotopic (exact) mass is 390 g/mol. The van der Waals surface area contributed by atoms with Gasteiger partial charge in [0.2, 0.25) is 5.91 Å². The second kappa shape index (κ2) is 7.94. The lowest BCUT2D eigenvalue weighted by Crippen LogP contribution is -2.13. The summed E-state index contributed by atoms with van der Waals surface area (Å²) in [5, 5.41) is 7.87. The van der Waals surface area contributed by atoms with E-state index in [1.807, 2.05) is 35.7 Å². The summed E-state index contributed by atoms with van der Waals surface area (Å²) in [5.74, 6) is 0.311. The van der Waals surface area contributed by atoms with Gasteiger partial charge in [-0.25, -0.2) is 4.98 Å². The molecule has 0 aliphatic rings. The van der Waals surface area contributed by atoms with Gasteiger partial charge < -0.3 is 5.32 Å². The maximum atomic E-state index is 12.3. The molecule has 3 nitrogen and oxygen atoms in total. The zero-order valence-corrected chi connectivity index (χ0v) is 16.4. The van der Waals surface area contributed by atoms with E-state index in [0.717, 1.165) is 16.2 Å². The fraction of sp³-hybridized carbons (Fsp3) is 0.0909. The van der Waals surface area contributed by atoms with Crippen LogP contribution in [0.2, 0.25) is 0 Å². The van der Waals surface area contributed by atoms with Crippen molar-refractivity contribution in [3.8, 4) is 11.3 Å². The maximum absolute atomic E-state index is 12.3. The lowest BCUT2D eigenvalue weighted by molar-refractivity contribution is -0.113. The van der Waals surface area contributed by atoms with Gasteiger partial charge in [-0.05, 0) is 23.8 Å². The number of hydrogen-bond donors (Lipinski definition) is 1. The molecule has 1 amide bonds. The number of rotatable bonds is 5. The van der Waals surface area contributed by atoms with Crippen molar-refractivity contribution in [2.75, 3.05) is 11.1 Å². The lowest BCUT2D eigenvalue weighted by atomic mass is 10.1. The molecule has 1 heterocycles. The smallest absolute Gasteiger partial charge is 0.236 e. The maximum Gasteiger partial charge on any atom is 0.236 e. The number of amides is 1. The van der Waals surface area contributed by atoms with Gasteiger partial charge in [0.15, 0.2) is 5.13 Å². The molecule has 1 aromatic heterocycles. The van der Waals surface area contributed by atoms with E-state index < -0.39 is 0 Å². The molecule has 3 aromatic carbocycles. The molecule has 0 unspecified atom stereocenters. The molecule has 5 heteroatoms. The second-order valence-corrected chi connectivity index (χ2v) is 8.09. The summed E-state index contributed by atoms with van der Waals surface area (Å²) in [7, 11) is 0. The molecule has 0 fully saturated rings. The largest absolute Gasteiger partial charge is 0.301 e. The van der Waals surface area contributed by atoms with Gasteiger partial charge in [0.25, 0.3) is 0 Å². The number of carbonyl (C=O) groups excluding carboxylic acids is 1. The van der Waals surface area contributed by atoms with Crippen LogP contribution in [0.25, 0.3) is 22.0 Å². The number of thiazole rings is 1. The van der Waals surface area contributed by atoms with E-state index in [9.17, 15) is 4.79 Å². The SMILES string of the molecule is Cc1ccc(-c2csc(NC(=O)CSc3cccc4ccccc34)n2)cc1. The van der Waals surface area contributed by atoms with E-state index >= 15 is 0 Å². The van der Waals surface area contributed by atoms with Gasteiger partial charge in [-0.1, -0.05) is 66.2 Å². The van der Waals surface area contributed by atoms with Crippen molar-refractivity contribution in [2.24, 2.45) is 0 Å². The van der Waals surface area contributed by atoms with Crippen LogP contribution >= 0.6 is 23.1 Å². The normalized spacial score (nSPS) is 10.9. The molecule has 4 rings (SSSR count). The third kappa shape index (κ3) is 4.21. The predicted molar refractivity (Wildman–Crippen MR) is 116 cm³/mol. The van der Waals surface area contributed by atoms with Crippen LogP contribution in [0.15, 0.2) is 77.0 Å². The van der Waals surface area contributed by atoms with Crippen molar-refractivity contribution >= 4 is 44.9 Å². The molecule has 0 radical (unpaired) electrons. The first kappa shape index (κ1) is 17.8. The van der Waals surface area contributed by atoms with E-state index in [4.69, 9.17) is 0 Å². The number of carbonyl (C=O) groups is 1. The van der Waals surface area contributed by atoms with Crippen molar-refractivity contribution in [2.45, 2.75) is 11.8 Å². The molecule has 0 aliphatic heterocycles. The first-order chi connectivity index (χ1) is 13.2. The highest BCUT2D eigenvalue weighted by Gasteiger charge is 2.10. The minimum absolute atomic E-state index is 0.0438. The van der Waals surface area contributed by atoms with Gasteiger partial charge in [0, 0.05) is 15.8 Å². The number of benzene rings is 3. The molecule has 0 bridgehead atoms. The molecule has 134 valence electrons. The van der Waals surface area contributed by atoms with Crippen molar-refractivity contribution in [3.63, 3.8) is 0 Å². The Morgan fingerprint density at radius 3 is 2.67 bits per heavy atom. The molecular formula is C22H18N2OS2. The zero-order valence-electron chi connectivity index (χ0n) is 14.8. The second-order valence-electron chi connectivity index (χ2n) is 6.22. The van der Waals surface area contributed by atoms with E-state index in [1.54, 1.807) is 11.8 Å². The summed E-state index contributed by atoms with van der Waals surface area (Å²) in [6.45, 7) is 2.06. The third-order valence-electron chi connectivity index (χ3n) is 4.21. The highest BCUT2D eigenvalue weighted by molar-refractivity contribution is 8.00. The highest BCUT2D eigenvalue weighted by atomic mass is 32.2. The molecular weight excluding hydrogens is 372 g/mol. The van der Waals surface area contributed by atoms with Crippen LogP contribution in [0.4, 0.5) is 5.13 Å². The van der Waals surface area contributed by atoms with E-state index in [-0.39, 0.29) is 5.91 Å². The minimum atomic E-state index is -0.0438. The van der Waals surface area contributed by atoms with Gasteiger partial charge in [-0.15, -0.1) is 23.1 Å². The Morgan fingerprint density at radius 2 is 1.81 bits per heavy atom. The van der Waals surface area contributed by atoms with Gasteiger partial charge in [0.05, 0.1) is 11.4 Å². The summed E-state index contributed by atoms with van der Waals surface area (Å²) in [6.07, 6.45) is 0. The number of hydrogen-bond acceptors (Lipinski definition) is 4. The summed E-state index contributed by atoms with van der Waals surface area (Å²) in [5.41, 5.74) is 3.16. The molecule has 1 N–H and O–H groups in total. The van der Waals surface area contributed by atoms with Crippen LogP contribution in [-0.4, -0.2) is 16.6 Å². The Bertz CT molecular complexity index is 1080. The Hall–Kier alpha value is -2.63. The van der Waals surface area contributed by atoms with Gasteiger partial charge in [-0.2, -0.15) is 0 Å². The van der Waals surface area contributed by atoms with Crippen LogP contribution in [0.3, 0.4) is 0 Å². The molecule has 0 saturated heterocycles. The summed E-state index contributed by atoms with van der Waals surface area (Å²) >= 11 is 3.00. The van der Waals surface area contributed by atoms with E-state index in [0.29, 0.717) is 10.9 Å². The Balaban J connectivity index is 1.40. The van der Waals surface area contributed by atoms with Crippen molar-refractivity contribution in [1.29, 1.82) is 0 Å². The fourth-order valence-corrected chi connectivity index (χ4v) is 4.42. The molecule has 0 atom stereocenters. The summed E-state index contributed by atoms with van der Waals surface area (Å²) in [4.78, 5) is 18.0. The first-order valence-corrected chi connectivity index (χ1v) is 10.5. The number of thioether (sulfide) groups is 1. The Morgan fingerprint density at radius 1 is 1.04 bits per heavy atom. The quantitative estimate of drug-likeness (QED) is 0.425. The number of anilines is 1. The minimum Gasteiger partial charge on any atom is -0.301 e. The Labute approximate surface area is 166 Å². The average Bonchev–Trinajstić information content (AvgIpc) is 3.15. The topological polar surface area (TPSA) is 42.0 Å². The van der Waals surface area contributed by atoms with Gasteiger partial charge in [-0.3, -0.25) is 4.79 Å². The van der Waals surface area contributed by atoms with Crippen molar-refractivity contribution in [3.05, 3.63) is 77.7 Å². The predicted octanol–water partition coefficient (Wildman–Crippen LogP) is 6.00. The number of nitrogens with zero attached hydrogens (tertiary/aromatic N) is 1. The highest BCUT2D eigenvalue weighted by Crippen LogP contribution is 2.29. The van der Waals surface area contributed by atoms with Crippen molar-refractivity contribution < 1.29 is 4.79 Å². The first-order valence-electron chi connectivity index (χ1n) is 8.62. The van der Waals surface area contributed by atoms with Gasteiger partial charge in [0.1, 0.15) is 0 Å². The zero-order chi connectivity index (χ0) is 18.6. The standard InChI is InChI=1S/C22H18N2OS2/c1-15-9-11-17(12-10-15)19-13-27-22(23-19)24-21(25)14-26-20-8-4-6-16-5-2-3-7-18(16)20/h2-13H,14H2,1H3,(H,23,24,25). The van der Waals surface area contributed by atoms with Crippen LogP contribution in [-0.2, 0) is 4.79 Å². The van der Waals surface area contributed by atoms with E-state index in [2.05, 4.69) is 53.6 Å². The van der Waals surface area contributed by atoms with E-state index in [1.165, 1.54) is 27.7 Å². The number of nitrogens with one attached hydrogen (secondary N) is 1. The van der Waals surface area contributed by atoms with Crippen LogP contribution in [0, 0.1) is 6.92 Å². The fourth-order valence-electron chi connectivity index (χ4n) is 2.81. The van der Waals surface area contributed by atoms with Crippen LogP contribution < -0.4 is 5.32 Å². The molecule has 0 aliphatic carbocycles. The van der Waals surface area contributed by atoms with Crippen LogP contribution in [0.5, 0.6) is 0 Å². The average molecular weight is 391 g/mol. The summed E-state index contributed by atoms with van der Waals surface area (Å²) in [6, 6.07) is 22.6. The number of fused-ring (bicyclic) bond motifs is 1.